The Morgan fingerprint density at radius 2 is 1.75 bits per heavy atom. The van der Waals surface area contributed by atoms with E-state index in [9.17, 15) is 9.59 Å². The zero-order chi connectivity index (χ0) is 11.7. The molecule has 0 unspecified atom stereocenters. The minimum Gasteiger partial charge on any atom is -0.307 e. The number of hydrogen-bond donors (Lipinski definition) is 2. The molecule has 0 amide bonds. The fourth-order valence-electron chi connectivity index (χ4n) is 1.64. The highest BCUT2D eigenvalue weighted by atomic mass is 16.2. The van der Waals surface area contributed by atoms with E-state index in [0.29, 0.717) is 5.69 Å². The van der Waals surface area contributed by atoms with Gasteiger partial charge in [0, 0.05) is 11.6 Å². The number of aromatic nitrogens is 2. The van der Waals surface area contributed by atoms with E-state index in [2.05, 4.69) is 9.97 Å². The largest absolute Gasteiger partial charge is 0.326 e. The lowest BCUT2D eigenvalue weighted by Crippen LogP contribution is -2.21. The molecule has 0 aliphatic carbocycles. The van der Waals surface area contributed by atoms with Crippen LogP contribution in [-0.2, 0) is 0 Å². The van der Waals surface area contributed by atoms with E-state index in [1.54, 1.807) is 0 Å². The Hall–Kier alpha value is -2.10. The molecule has 0 saturated heterocycles. The Bertz CT molecular complexity index is 610. The van der Waals surface area contributed by atoms with Gasteiger partial charge < -0.3 is 4.98 Å². The van der Waals surface area contributed by atoms with Crippen molar-refractivity contribution in [2.75, 3.05) is 0 Å². The van der Waals surface area contributed by atoms with Crippen molar-refractivity contribution >= 4 is 0 Å². The van der Waals surface area contributed by atoms with Crippen LogP contribution < -0.4 is 11.2 Å². The van der Waals surface area contributed by atoms with E-state index in [-0.39, 0.29) is 5.56 Å². The lowest BCUT2D eigenvalue weighted by atomic mass is 10.0. The molecule has 0 atom stereocenters. The molecular weight excluding hydrogens is 204 g/mol. The van der Waals surface area contributed by atoms with Gasteiger partial charge in [-0.2, -0.15) is 0 Å². The molecule has 16 heavy (non-hydrogen) atoms. The summed E-state index contributed by atoms with van der Waals surface area (Å²) in [5.41, 5.74) is 2.66. The van der Waals surface area contributed by atoms with Gasteiger partial charge in [-0.3, -0.25) is 9.78 Å². The standard InChI is InChI=1S/C12H12N2O2/c1-7-3-4-8(2)9(5-7)10-6-11(15)14-12(16)13-10/h3-6H,1-2H3,(H2,13,14,15,16). The van der Waals surface area contributed by atoms with Crippen LogP contribution in [0, 0.1) is 13.8 Å². The van der Waals surface area contributed by atoms with Gasteiger partial charge in [0.2, 0.25) is 0 Å². The lowest BCUT2D eigenvalue weighted by Gasteiger charge is -2.06. The Morgan fingerprint density at radius 1 is 1.00 bits per heavy atom. The number of benzene rings is 1. The van der Waals surface area contributed by atoms with Gasteiger partial charge in [-0.1, -0.05) is 17.7 Å². The second-order valence-corrected chi connectivity index (χ2v) is 3.82. The number of H-pyrrole nitrogens is 2. The van der Waals surface area contributed by atoms with Crippen LogP contribution in [0.25, 0.3) is 11.3 Å². The second-order valence-electron chi connectivity index (χ2n) is 3.82. The molecule has 0 spiro atoms. The van der Waals surface area contributed by atoms with Crippen molar-refractivity contribution in [2.24, 2.45) is 0 Å². The van der Waals surface area contributed by atoms with Crippen LogP contribution in [0.4, 0.5) is 0 Å². The third kappa shape index (κ3) is 1.95. The molecule has 82 valence electrons. The highest BCUT2D eigenvalue weighted by Crippen LogP contribution is 2.20. The summed E-state index contributed by atoms with van der Waals surface area (Å²) < 4.78 is 0. The molecule has 0 fully saturated rings. The quantitative estimate of drug-likeness (QED) is 0.755. The van der Waals surface area contributed by atoms with Gasteiger partial charge in [-0.25, -0.2) is 4.79 Å². The van der Waals surface area contributed by atoms with Crippen molar-refractivity contribution in [3.63, 3.8) is 0 Å². The van der Waals surface area contributed by atoms with E-state index in [1.165, 1.54) is 6.07 Å². The predicted molar refractivity (Wildman–Crippen MR) is 62.6 cm³/mol. The molecule has 2 N–H and O–H groups in total. The molecule has 0 aliphatic rings. The fraction of sp³-hybridized carbons (Fsp3) is 0.167. The van der Waals surface area contributed by atoms with Crippen LogP contribution >= 0.6 is 0 Å². The Kier molecular flexibility index (Phi) is 2.48. The molecule has 0 radical (unpaired) electrons. The molecule has 1 aromatic carbocycles. The maximum atomic E-state index is 11.2. The highest BCUT2D eigenvalue weighted by Gasteiger charge is 2.04. The van der Waals surface area contributed by atoms with Crippen LogP contribution in [-0.4, -0.2) is 9.97 Å². The third-order valence-electron chi connectivity index (χ3n) is 2.44. The van der Waals surface area contributed by atoms with Crippen LogP contribution in [0.3, 0.4) is 0 Å². The highest BCUT2D eigenvalue weighted by molar-refractivity contribution is 5.63. The van der Waals surface area contributed by atoms with Gasteiger partial charge >= 0.3 is 5.69 Å². The molecule has 2 aromatic rings. The van der Waals surface area contributed by atoms with Crippen LogP contribution in [0.15, 0.2) is 33.9 Å². The summed E-state index contributed by atoms with van der Waals surface area (Å²) in [4.78, 5) is 27.1. The Morgan fingerprint density at radius 3 is 2.44 bits per heavy atom. The molecular formula is C12H12N2O2. The number of aromatic amines is 2. The molecule has 4 heteroatoms. The molecule has 0 saturated carbocycles. The zero-order valence-corrected chi connectivity index (χ0v) is 9.13. The van der Waals surface area contributed by atoms with E-state index in [1.807, 2.05) is 32.0 Å². The van der Waals surface area contributed by atoms with E-state index >= 15 is 0 Å². The summed E-state index contributed by atoms with van der Waals surface area (Å²) in [6, 6.07) is 7.29. The topological polar surface area (TPSA) is 65.7 Å². The Balaban J connectivity index is 2.71. The van der Waals surface area contributed by atoms with Crippen molar-refractivity contribution < 1.29 is 0 Å². The normalized spacial score (nSPS) is 10.4. The first kappa shape index (κ1) is 10.4. The van der Waals surface area contributed by atoms with Gasteiger partial charge in [-0.15, -0.1) is 0 Å². The Labute approximate surface area is 92.0 Å². The minimum absolute atomic E-state index is 0.389. The minimum atomic E-state index is -0.483. The van der Waals surface area contributed by atoms with Crippen molar-refractivity contribution in [1.82, 2.24) is 9.97 Å². The van der Waals surface area contributed by atoms with E-state index in [0.717, 1.165) is 16.7 Å². The summed E-state index contributed by atoms with van der Waals surface area (Å²) >= 11 is 0. The van der Waals surface area contributed by atoms with Crippen LogP contribution in [0.1, 0.15) is 11.1 Å². The zero-order valence-electron chi connectivity index (χ0n) is 9.13. The summed E-state index contributed by atoms with van der Waals surface area (Å²) in [6.45, 7) is 3.91. The maximum absolute atomic E-state index is 11.2. The molecule has 4 nitrogen and oxygen atoms in total. The number of hydrogen-bond acceptors (Lipinski definition) is 2. The predicted octanol–water partition coefficient (Wildman–Crippen LogP) is 1.35. The maximum Gasteiger partial charge on any atom is 0.326 e. The molecule has 1 heterocycles. The van der Waals surface area contributed by atoms with Gasteiger partial charge in [0.05, 0.1) is 5.69 Å². The molecule has 0 bridgehead atoms. The summed E-state index contributed by atoms with van der Waals surface area (Å²) in [5.74, 6) is 0. The first-order valence-electron chi connectivity index (χ1n) is 4.97. The first-order chi connectivity index (χ1) is 7.56. The fourth-order valence-corrected chi connectivity index (χ4v) is 1.64. The average Bonchev–Trinajstić information content (AvgIpc) is 2.20. The van der Waals surface area contributed by atoms with E-state index < -0.39 is 5.69 Å². The van der Waals surface area contributed by atoms with Crippen molar-refractivity contribution in [3.8, 4) is 11.3 Å². The molecule has 0 aliphatic heterocycles. The van der Waals surface area contributed by atoms with Gasteiger partial charge in [0.15, 0.2) is 0 Å². The SMILES string of the molecule is Cc1ccc(C)c(-c2cc(=O)[nH]c(=O)[nH]2)c1. The monoisotopic (exact) mass is 216 g/mol. The van der Waals surface area contributed by atoms with Crippen molar-refractivity contribution in [3.05, 3.63) is 56.2 Å². The van der Waals surface area contributed by atoms with Crippen LogP contribution in [0.2, 0.25) is 0 Å². The van der Waals surface area contributed by atoms with Crippen molar-refractivity contribution in [1.29, 1.82) is 0 Å². The van der Waals surface area contributed by atoms with Gasteiger partial charge in [-0.05, 0) is 25.5 Å². The third-order valence-corrected chi connectivity index (χ3v) is 2.44. The lowest BCUT2D eigenvalue weighted by molar-refractivity contribution is 1.04. The number of rotatable bonds is 1. The smallest absolute Gasteiger partial charge is 0.307 e. The molecule has 2 rings (SSSR count). The summed E-state index contributed by atoms with van der Waals surface area (Å²) in [6.07, 6.45) is 0. The molecule has 1 aromatic heterocycles. The number of nitrogens with one attached hydrogen (secondary N) is 2. The van der Waals surface area contributed by atoms with E-state index in [4.69, 9.17) is 0 Å². The van der Waals surface area contributed by atoms with Crippen LogP contribution in [0.5, 0.6) is 0 Å². The van der Waals surface area contributed by atoms with Gasteiger partial charge in [0.1, 0.15) is 0 Å². The van der Waals surface area contributed by atoms with Crippen molar-refractivity contribution in [2.45, 2.75) is 13.8 Å². The summed E-state index contributed by atoms with van der Waals surface area (Å²) in [5, 5.41) is 0. The average molecular weight is 216 g/mol. The second kappa shape index (κ2) is 3.81. The first-order valence-corrected chi connectivity index (χ1v) is 4.97. The summed E-state index contributed by atoms with van der Waals surface area (Å²) in [7, 11) is 0. The number of aryl methyl sites for hydroxylation is 2. The van der Waals surface area contributed by atoms with Gasteiger partial charge in [0.25, 0.3) is 5.56 Å².